The van der Waals surface area contributed by atoms with Crippen LogP contribution in [0.15, 0.2) is 42.7 Å². The zero-order valence-electron chi connectivity index (χ0n) is 12.0. The highest BCUT2D eigenvalue weighted by molar-refractivity contribution is 14.1. The summed E-state index contributed by atoms with van der Waals surface area (Å²) in [5, 5.41) is 0. The number of carbonyl (C=O) groups is 1. The third-order valence-electron chi connectivity index (χ3n) is 2.80. The summed E-state index contributed by atoms with van der Waals surface area (Å²) in [6, 6.07) is 7.48. The van der Waals surface area contributed by atoms with Crippen molar-refractivity contribution in [3.63, 3.8) is 0 Å². The minimum absolute atomic E-state index is 0.399. The van der Waals surface area contributed by atoms with Crippen LogP contribution in [0.4, 0.5) is 0 Å². The van der Waals surface area contributed by atoms with E-state index in [4.69, 9.17) is 15.2 Å². The first-order valence-electron chi connectivity index (χ1n) is 6.47. The molecule has 2 N–H and O–H groups in total. The SMILES string of the molecule is COc1cc(/C=C/C(N)=O)cc(I)c1OCc1cccnc1. The predicted molar refractivity (Wildman–Crippen MR) is 92.5 cm³/mol. The number of hydrogen-bond donors (Lipinski definition) is 1. The molecule has 0 unspecified atom stereocenters. The van der Waals surface area contributed by atoms with Crippen molar-refractivity contribution in [2.45, 2.75) is 6.61 Å². The maximum atomic E-state index is 10.8. The normalized spacial score (nSPS) is 10.6. The average molecular weight is 410 g/mol. The van der Waals surface area contributed by atoms with E-state index in [-0.39, 0.29) is 0 Å². The fourth-order valence-electron chi connectivity index (χ4n) is 1.79. The number of pyridine rings is 1. The molecule has 0 aliphatic carbocycles. The van der Waals surface area contributed by atoms with E-state index in [1.807, 2.05) is 18.2 Å². The number of amides is 1. The predicted octanol–water partition coefficient (Wildman–Crippen LogP) is 2.77. The zero-order valence-corrected chi connectivity index (χ0v) is 14.1. The molecule has 0 aliphatic rings. The lowest BCUT2D eigenvalue weighted by atomic mass is 10.2. The largest absolute Gasteiger partial charge is 0.493 e. The summed E-state index contributed by atoms with van der Waals surface area (Å²) in [5.41, 5.74) is 6.89. The number of carbonyl (C=O) groups excluding carboxylic acids is 1. The van der Waals surface area contributed by atoms with E-state index in [9.17, 15) is 4.79 Å². The summed E-state index contributed by atoms with van der Waals surface area (Å²) >= 11 is 2.16. The molecule has 0 atom stereocenters. The lowest BCUT2D eigenvalue weighted by molar-refractivity contribution is -0.113. The Bertz CT molecular complexity index is 687. The number of rotatable bonds is 6. The van der Waals surface area contributed by atoms with Gasteiger partial charge in [-0.25, -0.2) is 0 Å². The van der Waals surface area contributed by atoms with E-state index in [2.05, 4.69) is 27.6 Å². The van der Waals surface area contributed by atoms with Gasteiger partial charge in [-0.15, -0.1) is 0 Å². The Kier molecular flexibility index (Phi) is 5.76. The molecule has 0 fully saturated rings. The summed E-state index contributed by atoms with van der Waals surface area (Å²) < 4.78 is 12.1. The van der Waals surface area contributed by atoms with Gasteiger partial charge in [0.05, 0.1) is 10.7 Å². The molecule has 0 spiro atoms. The minimum atomic E-state index is -0.495. The number of benzene rings is 1. The molecule has 0 bridgehead atoms. The van der Waals surface area contributed by atoms with Crippen molar-refractivity contribution in [1.82, 2.24) is 4.98 Å². The second-order valence-electron chi connectivity index (χ2n) is 4.42. The van der Waals surface area contributed by atoms with Crippen molar-refractivity contribution < 1.29 is 14.3 Å². The monoisotopic (exact) mass is 410 g/mol. The molecule has 5 nitrogen and oxygen atoms in total. The maximum absolute atomic E-state index is 10.8. The van der Waals surface area contributed by atoms with Crippen LogP contribution in [0.25, 0.3) is 6.08 Å². The summed E-state index contributed by atoms with van der Waals surface area (Å²) in [5.74, 6) is 0.758. The van der Waals surface area contributed by atoms with Crippen LogP contribution in [0.3, 0.4) is 0 Å². The van der Waals surface area contributed by atoms with E-state index in [1.165, 1.54) is 6.08 Å². The van der Waals surface area contributed by atoms with Gasteiger partial charge in [0.25, 0.3) is 0 Å². The number of nitrogens with two attached hydrogens (primary N) is 1. The second kappa shape index (κ2) is 7.79. The molecule has 6 heteroatoms. The Hall–Kier alpha value is -2.09. The number of nitrogens with zero attached hydrogens (tertiary/aromatic N) is 1. The second-order valence-corrected chi connectivity index (χ2v) is 5.58. The molecule has 0 saturated carbocycles. The highest BCUT2D eigenvalue weighted by Crippen LogP contribution is 2.34. The molecule has 0 aliphatic heterocycles. The van der Waals surface area contributed by atoms with Gasteiger partial charge in [0, 0.05) is 24.0 Å². The molecule has 1 amide bonds. The van der Waals surface area contributed by atoms with Gasteiger partial charge in [0.2, 0.25) is 5.91 Å². The molecule has 2 rings (SSSR count). The van der Waals surface area contributed by atoms with Gasteiger partial charge in [-0.1, -0.05) is 6.07 Å². The number of methoxy groups -OCH3 is 1. The Morgan fingerprint density at radius 3 is 2.91 bits per heavy atom. The van der Waals surface area contributed by atoms with E-state index < -0.39 is 5.91 Å². The fourth-order valence-corrected chi connectivity index (χ4v) is 2.57. The number of ether oxygens (including phenoxy) is 2. The number of hydrogen-bond acceptors (Lipinski definition) is 4. The molecule has 1 aromatic heterocycles. The Morgan fingerprint density at radius 1 is 1.45 bits per heavy atom. The third-order valence-corrected chi connectivity index (χ3v) is 3.60. The van der Waals surface area contributed by atoms with Crippen LogP contribution in [-0.4, -0.2) is 18.0 Å². The molecule has 2 aromatic rings. The minimum Gasteiger partial charge on any atom is -0.493 e. The fraction of sp³-hybridized carbons (Fsp3) is 0.125. The molecule has 114 valence electrons. The van der Waals surface area contributed by atoms with Crippen molar-refractivity contribution in [3.8, 4) is 11.5 Å². The van der Waals surface area contributed by atoms with Crippen LogP contribution in [0.1, 0.15) is 11.1 Å². The first-order valence-corrected chi connectivity index (χ1v) is 7.55. The van der Waals surface area contributed by atoms with Crippen molar-refractivity contribution in [3.05, 3.63) is 57.4 Å². The van der Waals surface area contributed by atoms with Gasteiger partial charge < -0.3 is 15.2 Å². The molecule has 0 radical (unpaired) electrons. The smallest absolute Gasteiger partial charge is 0.241 e. The highest BCUT2D eigenvalue weighted by atomic mass is 127. The van der Waals surface area contributed by atoms with Crippen LogP contribution in [0.2, 0.25) is 0 Å². The summed E-state index contributed by atoms with van der Waals surface area (Å²) in [6.45, 7) is 0.399. The van der Waals surface area contributed by atoms with Crippen molar-refractivity contribution >= 4 is 34.6 Å². The van der Waals surface area contributed by atoms with Crippen LogP contribution < -0.4 is 15.2 Å². The summed E-state index contributed by atoms with van der Waals surface area (Å²) in [7, 11) is 1.57. The van der Waals surface area contributed by atoms with E-state index in [0.29, 0.717) is 18.1 Å². The van der Waals surface area contributed by atoms with Crippen LogP contribution >= 0.6 is 22.6 Å². The van der Waals surface area contributed by atoms with Crippen molar-refractivity contribution in [2.24, 2.45) is 5.73 Å². The van der Waals surface area contributed by atoms with E-state index in [1.54, 1.807) is 31.6 Å². The van der Waals surface area contributed by atoms with Crippen molar-refractivity contribution in [2.75, 3.05) is 7.11 Å². The van der Waals surface area contributed by atoms with Crippen LogP contribution in [0.5, 0.6) is 11.5 Å². The Morgan fingerprint density at radius 2 is 2.27 bits per heavy atom. The first kappa shape index (κ1) is 16.3. The lowest BCUT2D eigenvalue weighted by Gasteiger charge is -2.13. The topological polar surface area (TPSA) is 74.4 Å². The average Bonchev–Trinajstić information content (AvgIpc) is 2.52. The van der Waals surface area contributed by atoms with Crippen LogP contribution in [0, 0.1) is 3.57 Å². The van der Waals surface area contributed by atoms with Gasteiger partial charge in [0.1, 0.15) is 6.61 Å². The maximum Gasteiger partial charge on any atom is 0.241 e. The quantitative estimate of drug-likeness (QED) is 0.587. The standard InChI is InChI=1S/C16H15IN2O3/c1-21-14-8-11(4-5-15(18)20)7-13(17)16(14)22-10-12-3-2-6-19-9-12/h2-9H,10H2,1H3,(H2,18,20)/b5-4+. The van der Waals surface area contributed by atoms with E-state index >= 15 is 0 Å². The van der Waals surface area contributed by atoms with Gasteiger partial charge in [-0.2, -0.15) is 0 Å². The lowest BCUT2D eigenvalue weighted by Crippen LogP contribution is -2.05. The van der Waals surface area contributed by atoms with Gasteiger partial charge in [-0.3, -0.25) is 9.78 Å². The van der Waals surface area contributed by atoms with Gasteiger partial charge in [-0.05, 0) is 52.4 Å². The molecule has 22 heavy (non-hydrogen) atoms. The van der Waals surface area contributed by atoms with Gasteiger partial charge in [0.15, 0.2) is 11.5 Å². The van der Waals surface area contributed by atoms with Crippen LogP contribution in [-0.2, 0) is 11.4 Å². The summed E-state index contributed by atoms with van der Waals surface area (Å²) in [4.78, 5) is 14.9. The number of halogens is 1. The first-order chi connectivity index (χ1) is 10.6. The third kappa shape index (κ3) is 4.45. The molecule has 1 aromatic carbocycles. The number of aromatic nitrogens is 1. The Labute approximate surface area is 142 Å². The molecule has 0 saturated heterocycles. The Balaban J connectivity index is 2.22. The highest BCUT2D eigenvalue weighted by Gasteiger charge is 2.11. The molecular formula is C16H15IN2O3. The van der Waals surface area contributed by atoms with E-state index in [0.717, 1.165) is 14.7 Å². The summed E-state index contributed by atoms with van der Waals surface area (Å²) in [6.07, 6.45) is 6.41. The van der Waals surface area contributed by atoms with Gasteiger partial charge >= 0.3 is 0 Å². The zero-order chi connectivity index (χ0) is 15.9. The number of primary amides is 1. The molecule has 1 heterocycles. The molecular weight excluding hydrogens is 395 g/mol. The van der Waals surface area contributed by atoms with Crippen molar-refractivity contribution in [1.29, 1.82) is 0 Å².